The van der Waals surface area contributed by atoms with Crippen LogP contribution in [0.2, 0.25) is 0 Å². The molecule has 1 amide bonds. The van der Waals surface area contributed by atoms with Gasteiger partial charge in [-0.3, -0.25) is 9.59 Å². The molecule has 6 rings (SSSR count). The maximum atomic E-state index is 13.2. The topological polar surface area (TPSA) is 113 Å². The van der Waals surface area contributed by atoms with Crippen LogP contribution in [0.5, 0.6) is 11.5 Å². The van der Waals surface area contributed by atoms with E-state index in [-0.39, 0.29) is 28.7 Å². The molecule has 0 radical (unpaired) electrons. The van der Waals surface area contributed by atoms with E-state index in [1.807, 2.05) is 6.92 Å². The molecule has 5 aliphatic carbocycles. The SMILES string of the molecule is COc1ccnc(C(=O)N[C@@H](C)C(=O)O[C@@H](C)[C@H](OCC2CC2)C23CC4CC(CC(C4)C2)C3)c1OC(C)=O. The number of ether oxygens (including phenoxy) is 4. The van der Waals surface area contributed by atoms with Gasteiger partial charge in [-0.05, 0) is 88.9 Å². The Morgan fingerprint density at radius 3 is 2.26 bits per heavy atom. The van der Waals surface area contributed by atoms with Crippen LogP contribution in [0.4, 0.5) is 0 Å². The average molecular weight is 529 g/mol. The van der Waals surface area contributed by atoms with Gasteiger partial charge in [0.15, 0.2) is 11.4 Å². The number of aromatic nitrogens is 1. The molecule has 0 unspecified atom stereocenters. The van der Waals surface area contributed by atoms with Crippen LogP contribution in [-0.2, 0) is 19.1 Å². The Balaban J connectivity index is 1.26. The summed E-state index contributed by atoms with van der Waals surface area (Å²) in [7, 11) is 1.40. The van der Waals surface area contributed by atoms with Crippen molar-refractivity contribution >= 4 is 17.8 Å². The van der Waals surface area contributed by atoms with Gasteiger partial charge in [-0.1, -0.05) is 0 Å². The molecule has 0 aromatic carbocycles. The van der Waals surface area contributed by atoms with Gasteiger partial charge in [-0.25, -0.2) is 9.78 Å². The minimum atomic E-state index is -0.941. The fraction of sp³-hybridized carbons (Fsp3) is 0.724. The molecule has 1 N–H and O–H groups in total. The van der Waals surface area contributed by atoms with Crippen LogP contribution in [0.15, 0.2) is 12.3 Å². The Bertz CT molecular complexity index is 1030. The highest BCUT2D eigenvalue weighted by Gasteiger charge is 2.56. The lowest BCUT2D eigenvalue weighted by atomic mass is 9.47. The fourth-order valence-corrected chi connectivity index (χ4v) is 7.53. The molecule has 5 saturated carbocycles. The van der Waals surface area contributed by atoms with Crippen LogP contribution < -0.4 is 14.8 Å². The van der Waals surface area contributed by atoms with Gasteiger partial charge in [-0.2, -0.15) is 0 Å². The second-order valence-electron chi connectivity index (χ2n) is 12.1. The van der Waals surface area contributed by atoms with Crippen molar-refractivity contribution in [3.05, 3.63) is 18.0 Å². The van der Waals surface area contributed by atoms with Crippen LogP contribution in [0.25, 0.3) is 0 Å². The molecule has 5 fully saturated rings. The quantitative estimate of drug-likeness (QED) is 0.428. The van der Waals surface area contributed by atoms with Crippen molar-refractivity contribution in [3.8, 4) is 11.5 Å². The molecule has 0 aliphatic heterocycles. The Labute approximate surface area is 224 Å². The lowest BCUT2D eigenvalue weighted by molar-refractivity contribution is -0.192. The first kappa shape index (κ1) is 26.9. The van der Waals surface area contributed by atoms with Crippen molar-refractivity contribution in [1.82, 2.24) is 10.3 Å². The first-order valence-corrected chi connectivity index (χ1v) is 14.0. The van der Waals surface area contributed by atoms with E-state index in [1.54, 1.807) is 6.92 Å². The predicted molar refractivity (Wildman–Crippen MR) is 138 cm³/mol. The minimum absolute atomic E-state index is 0.0687. The molecular weight excluding hydrogens is 488 g/mol. The van der Waals surface area contributed by atoms with Crippen molar-refractivity contribution in [3.63, 3.8) is 0 Å². The number of hydrogen-bond acceptors (Lipinski definition) is 8. The molecule has 9 nitrogen and oxygen atoms in total. The largest absolute Gasteiger partial charge is 0.493 e. The summed E-state index contributed by atoms with van der Waals surface area (Å²) < 4.78 is 23.0. The summed E-state index contributed by atoms with van der Waals surface area (Å²) >= 11 is 0. The van der Waals surface area contributed by atoms with E-state index in [9.17, 15) is 14.4 Å². The van der Waals surface area contributed by atoms with E-state index in [0.29, 0.717) is 5.92 Å². The summed E-state index contributed by atoms with van der Waals surface area (Å²) in [5.74, 6) is 1.18. The van der Waals surface area contributed by atoms with Crippen molar-refractivity contribution in [1.29, 1.82) is 0 Å². The molecule has 1 aromatic rings. The highest BCUT2D eigenvalue weighted by atomic mass is 16.6. The summed E-state index contributed by atoms with van der Waals surface area (Å²) in [4.78, 5) is 41.8. The van der Waals surface area contributed by atoms with E-state index in [2.05, 4.69) is 10.3 Å². The maximum Gasteiger partial charge on any atom is 0.328 e. The van der Waals surface area contributed by atoms with Crippen molar-refractivity contribution in [2.75, 3.05) is 13.7 Å². The van der Waals surface area contributed by atoms with Gasteiger partial charge in [0.25, 0.3) is 5.91 Å². The number of carbonyl (C=O) groups excluding carboxylic acids is 3. The molecule has 4 bridgehead atoms. The summed E-state index contributed by atoms with van der Waals surface area (Å²) in [6.45, 7) is 5.45. The van der Waals surface area contributed by atoms with Gasteiger partial charge in [0, 0.05) is 31.2 Å². The Morgan fingerprint density at radius 1 is 1.08 bits per heavy atom. The van der Waals surface area contributed by atoms with Crippen LogP contribution in [0.1, 0.15) is 82.6 Å². The number of methoxy groups -OCH3 is 1. The predicted octanol–water partition coefficient (Wildman–Crippen LogP) is 4.08. The van der Waals surface area contributed by atoms with Crippen molar-refractivity contribution in [2.24, 2.45) is 29.1 Å². The molecule has 5 aliphatic rings. The molecule has 9 heteroatoms. The Kier molecular flexibility index (Phi) is 7.67. The third-order valence-electron chi connectivity index (χ3n) is 8.88. The van der Waals surface area contributed by atoms with Gasteiger partial charge >= 0.3 is 11.9 Å². The highest BCUT2D eigenvalue weighted by molar-refractivity contribution is 5.98. The number of esters is 2. The van der Waals surface area contributed by atoms with Crippen LogP contribution in [0, 0.1) is 29.1 Å². The molecule has 208 valence electrons. The van der Waals surface area contributed by atoms with E-state index in [4.69, 9.17) is 18.9 Å². The molecular formula is C29H40N2O7. The minimum Gasteiger partial charge on any atom is -0.493 e. The monoisotopic (exact) mass is 528 g/mol. The van der Waals surface area contributed by atoms with Gasteiger partial charge in [0.2, 0.25) is 5.75 Å². The zero-order valence-corrected chi connectivity index (χ0v) is 22.9. The number of hydrogen-bond donors (Lipinski definition) is 1. The number of pyridine rings is 1. The molecule has 0 saturated heterocycles. The average Bonchev–Trinajstić information content (AvgIpc) is 3.67. The second kappa shape index (κ2) is 10.8. The molecule has 1 aromatic heterocycles. The number of carbonyl (C=O) groups is 3. The standard InChI is InChI=1S/C29H40N2O7/c1-16(31-27(33)24-25(38-18(3)32)23(35-4)7-8-30-24)28(34)37-17(2)26(36-15-19-5-6-19)29-12-20-9-21(13-29)11-22(10-20)14-29/h7-8,16-17,19-22,26H,5-6,9-15H2,1-4H3,(H,31,33)/t16-,17-,20?,21?,22?,26-,29?/m0/s1. The number of nitrogens with zero attached hydrogens (tertiary/aromatic N) is 1. The first-order chi connectivity index (χ1) is 18.2. The van der Waals surface area contributed by atoms with Gasteiger partial charge in [0.05, 0.1) is 13.2 Å². The normalized spacial score (nSPS) is 29.7. The third kappa shape index (κ3) is 5.67. The maximum absolute atomic E-state index is 13.2. The summed E-state index contributed by atoms with van der Waals surface area (Å²) in [6.07, 6.45) is 10.7. The zero-order valence-electron chi connectivity index (χ0n) is 22.9. The van der Waals surface area contributed by atoms with Crippen molar-refractivity contribution < 1.29 is 33.3 Å². The highest BCUT2D eigenvalue weighted by Crippen LogP contribution is 2.62. The lowest BCUT2D eigenvalue weighted by Gasteiger charge is -2.59. The van der Waals surface area contributed by atoms with E-state index in [1.165, 1.54) is 58.4 Å². The van der Waals surface area contributed by atoms with Gasteiger partial charge < -0.3 is 24.3 Å². The van der Waals surface area contributed by atoms with Crippen molar-refractivity contribution in [2.45, 2.75) is 90.4 Å². The van der Waals surface area contributed by atoms with E-state index >= 15 is 0 Å². The molecule has 1 heterocycles. The Hall–Kier alpha value is -2.68. The Morgan fingerprint density at radius 2 is 1.71 bits per heavy atom. The van der Waals surface area contributed by atoms with E-state index in [0.717, 1.165) is 43.6 Å². The fourth-order valence-electron chi connectivity index (χ4n) is 7.53. The van der Waals surface area contributed by atoms with E-state index < -0.39 is 30.0 Å². The second-order valence-corrected chi connectivity index (χ2v) is 12.1. The third-order valence-corrected chi connectivity index (χ3v) is 8.88. The molecule has 0 spiro atoms. The first-order valence-electron chi connectivity index (χ1n) is 14.0. The van der Waals surface area contributed by atoms with Crippen LogP contribution in [0.3, 0.4) is 0 Å². The molecule has 38 heavy (non-hydrogen) atoms. The van der Waals surface area contributed by atoms with Crippen LogP contribution in [-0.4, -0.2) is 54.8 Å². The summed E-state index contributed by atoms with van der Waals surface area (Å²) in [5.41, 5.74) is -0.0781. The summed E-state index contributed by atoms with van der Waals surface area (Å²) in [5, 5.41) is 2.64. The number of amides is 1. The number of nitrogens with one attached hydrogen (secondary N) is 1. The number of rotatable bonds is 11. The van der Waals surface area contributed by atoms with Gasteiger partial charge in [-0.15, -0.1) is 0 Å². The smallest absolute Gasteiger partial charge is 0.328 e. The molecule has 3 atom stereocenters. The van der Waals surface area contributed by atoms with Crippen LogP contribution >= 0.6 is 0 Å². The van der Waals surface area contributed by atoms with Gasteiger partial charge in [0.1, 0.15) is 12.1 Å². The lowest BCUT2D eigenvalue weighted by Crippen LogP contribution is -2.56. The summed E-state index contributed by atoms with van der Waals surface area (Å²) in [6, 6.07) is 0.546. The zero-order chi connectivity index (χ0) is 27.0.